The monoisotopic (exact) mass is 190 g/mol. The summed E-state index contributed by atoms with van der Waals surface area (Å²) < 4.78 is 13.4. The standard InChI is InChI=1S/C11H11FN2/c1-8-2-3-11(12)10(4-8)9-5-13-7-14-6-9/h2-5,7H,6H2,1H3,(H,13,14). The molecule has 0 fully saturated rings. The van der Waals surface area contributed by atoms with E-state index < -0.39 is 0 Å². The molecule has 1 N–H and O–H groups in total. The smallest absolute Gasteiger partial charge is 0.130 e. The predicted molar refractivity (Wildman–Crippen MR) is 55.6 cm³/mol. The molecule has 1 aromatic rings. The Morgan fingerprint density at radius 1 is 1.43 bits per heavy atom. The number of hydrogen-bond donors (Lipinski definition) is 1. The third kappa shape index (κ3) is 1.66. The van der Waals surface area contributed by atoms with E-state index in [0.29, 0.717) is 12.1 Å². The van der Waals surface area contributed by atoms with Crippen LogP contribution in [-0.4, -0.2) is 12.9 Å². The Bertz CT molecular complexity index is 408. The number of nitrogens with one attached hydrogen (secondary N) is 1. The number of aliphatic imine (C=N–C) groups is 1. The maximum absolute atomic E-state index is 13.4. The van der Waals surface area contributed by atoms with Crippen molar-refractivity contribution in [1.82, 2.24) is 5.32 Å². The van der Waals surface area contributed by atoms with Crippen molar-refractivity contribution in [2.24, 2.45) is 4.99 Å². The maximum atomic E-state index is 13.4. The van der Waals surface area contributed by atoms with E-state index >= 15 is 0 Å². The molecule has 1 aliphatic rings. The van der Waals surface area contributed by atoms with Crippen LogP contribution in [0.5, 0.6) is 0 Å². The van der Waals surface area contributed by atoms with Gasteiger partial charge in [-0.2, -0.15) is 0 Å². The van der Waals surface area contributed by atoms with Crippen molar-refractivity contribution in [1.29, 1.82) is 0 Å². The van der Waals surface area contributed by atoms with Gasteiger partial charge in [0.2, 0.25) is 0 Å². The molecule has 1 aliphatic heterocycles. The first kappa shape index (κ1) is 8.94. The summed E-state index contributed by atoms with van der Waals surface area (Å²) in [5, 5.41) is 2.86. The number of aryl methyl sites for hydroxylation is 1. The fourth-order valence-corrected chi connectivity index (χ4v) is 1.43. The molecule has 0 atom stereocenters. The Balaban J connectivity index is 2.40. The summed E-state index contributed by atoms with van der Waals surface area (Å²) in [6.45, 7) is 2.48. The Labute approximate surface area is 82.2 Å². The molecule has 0 spiro atoms. The molecule has 0 bridgehead atoms. The summed E-state index contributed by atoms with van der Waals surface area (Å²) in [6.07, 6.45) is 3.39. The molecule has 0 aromatic heterocycles. The van der Waals surface area contributed by atoms with Gasteiger partial charge in [0.05, 0.1) is 12.9 Å². The topological polar surface area (TPSA) is 24.4 Å². The molecular formula is C11H11FN2. The average Bonchev–Trinajstić information content (AvgIpc) is 2.23. The van der Waals surface area contributed by atoms with Crippen LogP contribution in [-0.2, 0) is 0 Å². The second kappa shape index (κ2) is 3.62. The zero-order chi connectivity index (χ0) is 9.97. The van der Waals surface area contributed by atoms with E-state index in [9.17, 15) is 4.39 Å². The first-order valence-electron chi connectivity index (χ1n) is 4.47. The second-order valence-electron chi connectivity index (χ2n) is 3.29. The molecule has 0 saturated carbocycles. The Hall–Kier alpha value is -1.64. The average molecular weight is 190 g/mol. The van der Waals surface area contributed by atoms with E-state index in [1.165, 1.54) is 6.07 Å². The van der Waals surface area contributed by atoms with Crippen LogP contribution < -0.4 is 5.32 Å². The third-order valence-electron chi connectivity index (χ3n) is 2.15. The van der Waals surface area contributed by atoms with Crippen molar-refractivity contribution in [3.63, 3.8) is 0 Å². The number of nitrogens with zero attached hydrogens (tertiary/aromatic N) is 1. The number of benzene rings is 1. The second-order valence-corrected chi connectivity index (χ2v) is 3.29. The molecule has 3 heteroatoms. The molecule has 0 unspecified atom stereocenters. The molecule has 0 saturated heterocycles. The van der Waals surface area contributed by atoms with E-state index in [1.807, 2.05) is 13.0 Å². The highest BCUT2D eigenvalue weighted by atomic mass is 19.1. The lowest BCUT2D eigenvalue weighted by atomic mass is 10.0. The fourth-order valence-electron chi connectivity index (χ4n) is 1.43. The lowest BCUT2D eigenvalue weighted by Crippen LogP contribution is -2.10. The fraction of sp³-hybridized carbons (Fsp3) is 0.182. The molecule has 0 aliphatic carbocycles. The molecule has 14 heavy (non-hydrogen) atoms. The van der Waals surface area contributed by atoms with E-state index in [0.717, 1.165) is 11.1 Å². The van der Waals surface area contributed by atoms with E-state index in [1.54, 1.807) is 18.6 Å². The number of hydrogen-bond acceptors (Lipinski definition) is 2. The lowest BCUT2D eigenvalue weighted by Gasteiger charge is -2.10. The number of rotatable bonds is 1. The van der Waals surface area contributed by atoms with Crippen molar-refractivity contribution in [2.45, 2.75) is 6.92 Å². The Morgan fingerprint density at radius 2 is 2.29 bits per heavy atom. The van der Waals surface area contributed by atoms with Crippen LogP contribution in [0.3, 0.4) is 0 Å². The predicted octanol–water partition coefficient (Wildman–Crippen LogP) is 2.11. The molecule has 0 amide bonds. The van der Waals surface area contributed by atoms with Gasteiger partial charge in [0.25, 0.3) is 0 Å². The molecule has 0 radical (unpaired) electrons. The van der Waals surface area contributed by atoms with Crippen LogP contribution in [0.2, 0.25) is 0 Å². The van der Waals surface area contributed by atoms with E-state index in [-0.39, 0.29) is 5.82 Å². The van der Waals surface area contributed by atoms with Gasteiger partial charge in [-0.1, -0.05) is 11.6 Å². The zero-order valence-corrected chi connectivity index (χ0v) is 7.92. The van der Waals surface area contributed by atoms with Crippen molar-refractivity contribution in [3.8, 4) is 0 Å². The minimum absolute atomic E-state index is 0.194. The van der Waals surface area contributed by atoms with Gasteiger partial charge in [-0.15, -0.1) is 0 Å². The summed E-state index contributed by atoms with van der Waals surface area (Å²) in [5.41, 5.74) is 2.57. The van der Waals surface area contributed by atoms with E-state index in [2.05, 4.69) is 10.3 Å². The van der Waals surface area contributed by atoms with Crippen molar-refractivity contribution in [2.75, 3.05) is 6.54 Å². The van der Waals surface area contributed by atoms with Crippen LogP contribution in [0.15, 0.2) is 29.4 Å². The van der Waals surface area contributed by atoms with Gasteiger partial charge in [-0.25, -0.2) is 4.39 Å². The molecular weight excluding hydrogens is 179 g/mol. The number of halogens is 1. The normalized spacial score (nSPS) is 14.9. The van der Waals surface area contributed by atoms with Gasteiger partial charge in [0.1, 0.15) is 5.82 Å². The Morgan fingerprint density at radius 3 is 3.00 bits per heavy atom. The summed E-state index contributed by atoms with van der Waals surface area (Å²) in [6, 6.07) is 5.09. The highest BCUT2D eigenvalue weighted by molar-refractivity contribution is 5.74. The van der Waals surface area contributed by atoms with Gasteiger partial charge in [0.15, 0.2) is 0 Å². The minimum atomic E-state index is -0.194. The first-order chi connectivity index (χ1) is 6.77. The summed E-state index contributed by atoms with van der Waals surface area (Å²) in [4.78, 5) is 4.03. The summed E-state index contributed by atoms with van der Waals surface area (Å²) in [5.74, 6) is -0.194. The molecule has 2 rings (SSSR count). The highest BCUT2D eigenvalue weighted by Gasteiger charge is 2.08. The SMILES string of the molecule is Cc1ccc(F)c(C2=CNC=NC2)c1. The first-order valence-corrected chi connectivity index (χ1v) is 4.47. The van der Waals surface area contributed by atoms with Crippen LogP contribution in [0.4, 0.5) is 4.39 Å². The lowest BCUT2D eigenvalue weighted by molar-refractivity contribution is 0.623. The quantitative estimate of drug-likeness (QED) is 0.720. The molecule has 1 heterocycles. The van der Waals surface area contributed by atoms with Gasteiger partial charge >= 0.3 is 0 Å². The molecule has 72 valence electrons. The third-order valence-corrected chi connectivity index (χ3v) is 2.15. The summed E-state index contributed by atoms with van der Waals surface area (Å²) >= 11 is 0. The van der Waals surface area contributed by atoms with Crippen LogP contribution >= 0.6 is 0 Å². The summed E-state index contributed by atoms with van der Waals surface area (Å²) in [7, 11) is 0. The van der Waals surface area contributed by atoms with Crippen LogP contribution in [0.1, 0.15) is 11.1 Å². The van der Waals surface area contributed by atoms with E-state index in [4.69, 9.17) is 0 Å². The van der Waals surface area contributed by atoms with Crippen molar-refractivity contribution >= 4 is 11.9 Å². The largest absolute Gasteiger partial charge is 0.353 e. The van der Waals surface area contributed by atoms with Gasteiger partial charge in [0, 0.05) is 11.8 Å². The van der Waals surface area contributed by atoms with Crippen LogP contribution in [0.25, 0.3) is 5.57 Å². The van der Waals surface area contributed by atoms with Gasteiger partial charge < -0.3 is 5.32 Å². The van der Waals surface area contributed by atoms with Crippen molar-refractivity contribution in [3.05, 3.63) is 41.3 Å². The van der Waals surface area contributed by atoms with Crippen molar-refractivity contribution < 1.29 is 4.39 Å². The van der Waals surface area contributed by atoms with Gasteiger partial charge in [-0.05, 0) is 24.6 Å². The minimum Gasteiger partial charge on any atom is -0.353 e. The molecule has 1 aromatic carbocycles. The van der Waals surface area contributed by atoms with Crippen LogP contribution in [0, 0.1) is 12.7 Å². The highest BCUT2D eigenvalue weighted by Crippen LogP contribution is 2.20. The maximum Gasteiger partial charge on any atom is 0.130 e. The van der Waals surface area contributed by atoms with Gasteiger partial charge in [-0.3, -0.25) is 4.99 Å². The Kier molecular flexibility index (Phi) is 2.31. The zero-order valence-electron chi connectivity index (χ0n) is 7.92. The molecule has 2 nitrogen and oxygen atoms in total.